The third kappa shape index (κ3) is 3.61. The van der Waals surface area contributed by atoms with Crippen molar-refractivity contribution in [3.05, 3.63) is 11.8 Å². The molecule has 2 fully saturated rings. The van der Waals surface area contributed by atoms with Gasteiger partial charge in [0.1, 0.15) is 24.4 Å². The van der Waals surface area contributed by atoms with Gasteiger partial charge in [0.05, 0.1) is 38.1 Å². The lowest BCUT2D eigenvalue weighted by Crippen LogP contribution is -2.61. The van der Waals surface area contributed by atoms with Crippen LogP contribution in [0.2, 0.25) is 0 Å². The zero-order valence-corrected chi connectivity index (χ0v) is 15.3. The van der Waals surface area contributed by atoms with Crippen molar-refractivity contribution in [2.24, 2.45) is 17.8 Å². The van der Waals surface area contributed by atoms with Gasteiger partial charge in [0.25, 0.3) is 0 Å². The molecule has 0 aromatic rings. The molecule has 0 radical (unpaired) electrons. The molecule has 2 saturated heterocycles. The summed E-state index contributed by atoms with van der Waals surface area (Å²) < 4.78 is 26.3. The number of carbonyl (C=O) groups is 2. The van der Waals surface area contributed by atoms with Gasteiger partial charge in [0, 0.05) is 11.8 Å². The maximum Gasteiger partial charge on any atom is 0.337 e. The van der Waals surface area contributed by atoms with Crippen LogP contribution >= 0.6 is 0 Å². The van der Waals surface area contributed by atoms with E-state index in [0.717, 1.165) is 6.26 Å². The predicted molar refractivity (Wildman–Crippen MR) is 86.9 cm³/mol. The number of hydrogen-bond acceptors (Lipinski definition) is 11. The lowest BCUT2D eigenvalue weighted by molar-refractivity contribution is -0.345. The van der Waals surface area contributed by atoms with Crippen LogP contribution in [0.1, 0.15) is 6.92 Å². The van der Waals surface area contributed by atoms with Gasteiger partial charge in [0.15, 0.2) is 6.29 Å². The number of aliphatic hydroxyl groups excluding tert-OH is 4. The highest BCUT2D eigenvalue weighted by atomic mass is 16.8. The van der Waals surface area contributed by atoms with Gasteiger partial charge in [0.2, 0.25) is 6.29 Å². The number of esters is 2. The first-order chi connectivity index (χ1) is 13.3. The molecule has 3 rings (SSSR count). The van der Waals surface area contributed by atoms with Crippen LogP contribution in [0, 0.1) is 17.8 Å². The summed E-state index contributed by atoms with van der Waals surface area (Å²) in [6.45, 7) is 0.899. The normalized spacial score (nSPS) is 43.3. The number of methoxy groups -OCH3 is 1. The van der Waals surface area contributed by atoms with Crippen molar-refractivity contribution in [2.45, 2.75) is 43.9 Å². The van der Waals surface area contributed by atoms with E-state index >= 15 is 0 Å². The fraction of sp³-hybridized carbons (Fsp3) is 0.765. The highest BCUT2D eigenvalue weighted by molar-refractivity contribution is 5.89. The Morgan fingerprint density at radius 2 is 1.93 bits per heavy atom. The highest BCUT2D eigenvalue weighted by Gasteiger charge is 2.52. The summed E-state index contributed by atoms with van der Waals surface area (Å²) in [5.41, 5.74) is 0.181. The van der Waals surface area contributed by atoms with Crippen molar-refractivity contribution in [3.8, 4) is 0 Å². The number of ether oxygens (including phenoxy) is 5. The predicted octanol–water partition coefficient (Wildman–Crippen LogP) is -2.36. The molecule has 0 aliphatic carbocycles. The fourth-order valence-corrected chi connectivity index (χ4v) is 3.71. The quantitative estimate of drug-likeness (QED) is 0.371. The van der Waals surface area contributed by atoms with Crippen LogP contribution in [0.4, 0.5) is 0 Å². The van der Waals surface area contributed by atoms with Crippen molar-refractivity contribution in [2.75, 3.05) is 20.3 Å². The smallest absolute Gasteiger partial charge is 0.337 e. The van der Waals surface area contributed by atoms with Crippen LogP contribution in [0.25, 0.3) is 0 Å². The number of fused-ring (bicyclic) bond motifs is 1. The summed E-state index contributed by atoms with van der Waals surface area (Å²) in [5, 5.41) is 39.2. The third-order valence-electron chi connectivity index (χ3n) is 5.40. The molecule has 0 unspecified atom stereocenters. The maximum atomic E-state index is 12.0. The minimum absolute atomic E-state index is 0.0767. The standard InChI is InChI=1S/C17H24O11/c1-6-10-7(4-25-14(6)22)8(15(23)24-2)5-26-16(10)28-17-13(21)12(20)11(19)9(3-18)27-17/h5-7,9-13,16-21H,3-4H2,1-2H3/t6-,7-,9-,10-,11-,12+,13-,16+,17+/m1/s1. The van der Waals surface area contributed by atoms with E-state index in [4.69, 9.17) is 23.7 Å². The van der Waals surface area contributed by atoms with E-state index in [0.29, 0.717) is 0 Å². The number of aliphatic hydroxyl groups is 4. The minimum Gasteiger partial charge on any atom is -0.472 e. The van der Waals surface area contributed by atoms with E-state index in [1.54, 1.807) is 6.92 Å². The number of hydrogen-bond donors (Lipinski definition) is 4. The van der Waals surface area contributed by atoms with Gasteiger partial charge in [-0.25, -0.2) is 4.79 Å². The van der Waals surface area contributed by atoms with Crippen LogP contribution < -0.4 is 0 Å². The Hall–Kier alpha value is -1.76. The number of carbonyl (C=O) groups excluding carboxylic acids is 2. The Balaban J connectivity index is 1.83. The van der Waals surface area contributed by atoms with Crippen molar-refractivity contribution < 1.29 is 53.7 Å². The average molecular weight is 404 g/mol. The molecule has 0 amide bonds. The van der Waals surface area contributed by atoms with E-state index in [1.807, 2.05) is 0 Å². The topological polar surface area (TPSA) is 161 Å². The Bertz CT molecular complexity index is 633. The fourth-order valence-electron chi connectivity index (χ4n) is 3.71. The Morgan fingerprint density at radius 1 is 1.21 bits per heavy atom. The first-order valence-electron chi connectivity index (χ1n) is 8.86. The second kappa shape index (κ2) is 8.31. The molecule has 158 valence electrons. The van der Waals surface area contributed by atoms with Crippen molar-refractivity contribution >= 4 is 11.9 Å². The highest BCUT2D eigenvalue weighted by Crippen LogP contribution is 2.41. The molecule has 3 aliphatic rings. The zero-order chi connectivity index (χ0) is 20.6. The summed E-state index contributed by atoms with van der Waals surface area (Å²) in [5.74, 6) is -3.07. The molecule has 0 bridgehead atoms. The zero-order valence-electron chi connectivity index (χ0n) is 15.3. The molecule has 4 N–H and O–H groups in total. The van der Waals surface area contributed by atoms with Crippen LogP contribution in [0.5, 0.6) is 0 Å². The molecular weight excluding hydrogens is 380 g/mol. The molecule has 0 saturated carbocycles. The second-order valence-electron chi connectivity index (χ2n) is 7.01. The van der Waals surface area contributed by atoms with E-state index in [1.165, 1.54) is 7.11 Å². The summed E-state index contributed by atoms with van der Waals surface area (Å²) in [4.78, 5) is 24.0. The van der Waals surface area contributed by atoms with Gasteiger partial charge in [-0.1, -0.05) is 6.92 Å². The number of rotatable bonds is 4. The molecule has 9 atom stereocenters. The Labute approximate surface area is 160 Å². The van der Waals surface area contributed by atoms with Gasteiger partial charge in [-0.15, -0.1) is 0 Å². The Kier molecular flexibility index (Phi) is 6.22. The summed E-state index contributed by atoms with van der Waals surface area (Å²) in [6.07, 6.45) is -7.36. The maximum absolute atomic E-state index is 12.0. The molecule has 28 heavy (non-hydrogen) atoms. The Morgan fingerprint density at radius 3 is 2.57 bits per heavy atom. The van der Waals surface area contributed by atoms with Crippen molar-refractivity contribution in [1.82, 2.24) is 0 Å². The van der Waals surface area contributed by atoms with Gasteiger partial charge < -0.3 is 44.1 Å². The molecule has 11 nitrogen and oxygen atoms in total. The first kappa shape index (κ1) is 21.0. The van der Waals surface area contributed by atoms with E-state index in [-0.39, 0.29) is 12.2 Å². The van der Waals surface area contributed by atoms with E-state index in [9.17, 15) is 30.0 Å². The lowest BCUT2D eigenvalue weighted by Gasteiger charge is -2.45. The van der Waals surface area contributed by atoms with Crippen LogP contribution in [-0.4, -0.2) is 89.7 Å². The first-order valence-corrected chi connectivity index (χ1v) is 8.86. The minimum atomic E-state index is -1.63. The van der Waals surface area contributed by atoms with E-state index in [2.05, 4.69) is 0 Å². The second-order valence-corrected chi connectivity index (χ2v) is 7.01. The van der Waals surface area contributed by atoms with Gasteiger partial charge in [-0.05, 0) is 0 Å². The van der Waals surface area contributed by atoms with Crippen LogP contribution in [0.15, 0.2) is 11.8 Å². The summed E-state index contributed by atoms with van der Waals surface area (Å²) in [6, 6.07) is 0. The number of cyclic esters (lactones) is 1. The summed E-state index contributed by atoms with van der Waals surface area (Å²) in [7, 11) is 1.22. The molecule has 11 heteroatoms. The molecule has 3 aliphatic heterocycles. The average Bonchev–Trinajstić information content (AvgIpc) is 2.70. The lowest BCUT2D eigenvalue weighted by atomic mass is 9.75. The molecular formula is C17H24O11. The molecule has 0 spiro atoms. The monoisotopic (exact) mass is 404 g/mol. The van der Waals surface area contributed by atoms with Crippen molar-refractivity contribution in [1.29, 1.82) is 0 Å². The van der Waals surface area contributed by atoms with E-state index < -0.39 is 73.3 Å². The third-order valence-corrected chi connectivity index (χ3v) is 5.40. The van der Waals surface area contributed by atoms with Crippen LogP contribution in [0.3, 0.4) is 0 Å². The molecule has 0 aromatic heterocycles. The van der Waals surface area contributed by atoms with Crippen LogP contribution in [-0.2, 0) is 33.3 Å². The summed E-state index contributed by atoms with van der Waals surface area (Å²) >= 11 is 0. The SMILES string of the molecule is COC(=O)C1=CO[C@@H](O[C@@H]2O[C@H](CO)[C@@H](O)[C@H](O)[C@H]2O)[C@H]2[C@@H]1COC(=O)[C@@H]2C. The van der Waals surface area contributed by atoms with Gasteiger partial charge in [-0.3, -0.25) is 4.79 Å². The largest absolute Gasteiger partial charge is 0.472 e. The molecule has 0 aromatic carbocycles. The van der Waals surface area contributed by atoms with Gasteiger partial charge in [-0.2, -0.15) is 0 Å². The molecule has 3 heterocycles. The van der Waals surface area contributed by atoms with Gasteiger partial charge >= 0.3 is 11.9 Å². The van der Waals surface area contributed by atoms with Crippen molar-refractivity contribution in [3.63, 3.8) is 0 Å².